The molecular formula is C15H20N4O2. The minimum atomic E-state index is -0.0559. The van der Waals surface area contributed by atoms with Crippen LogP contribution in [0.1, 0.15) is 19.3 Å². The molecule has 0 radical (unpaired) electrons. The normalized spacial score (nSPS) is 18.6. The Morgan fingerprint density at radius 3 is 3.00 bits per heavy atom. The van der Waals surface area contributed by atoms with E-state index >= 15 is 0 Å². The van der Waals surface area contributed by atoms with Gasteiger partial charge in [0.25, 0.3) is 0 Å². The van der Waals surface area contributed by atoms with Gasteiger partial charge < -0.3 is 14.6 Å². The standard InChI is InChI=1S/C15H20N4O2/c20-15(12-18-6-2-3-7-18)17-13-9-16-19(10-13)11-14-5-1-4-8-21-14/h2-3,6-7,9-10,14H,1,4-5,8,11-12H2,(H,17,20). The van der Waals surface area contributed by atoms with Crippen LogP contribution in [-0.4, -0.2) is 33.0 Å². The summed E-state index contributed by atoms with van der Waals surface area (Å²) in [6.07, 6.45) is 10.9. The summed E-state index contributed by atoms with van der Waals surface area (Å²) >= 11 is 0. The number of hydrogen-bond donors (Lipinski definition) is 1. The number of rotatable bonds is 5. The summed E-state index contributed by atoms with van der Waals surface area (Å²) in [6, 6.07) is 3.80. The lowest BCUT2D eigenvalue weighted by molar-refractivity contribution is -0.116. The van der Waals surface area contributed by atoms with Crippen LogP contribution in [0, 0.1) is 0 Å². The number of carbonyl (C=O) groups is 1. The molecular weight excluding hydrogens is 268 g/mol. The Labute approximate surface area is 123 Å². The lowest BCUT2D eigenvalue weighted by Crippen LogP contribution is -2.24. The van der Waals surface area contributed by atoms with Crippen LogP contribution in [0.3, 0.4) is 0 Å². The molecule has 1 fully saturated rings. The second kappa shape index (κ2) is 6.58. The Morgan fingerprint density at radius 1 is 1.38 bits per heavy atom. The first-order valence-electron chi connectivity index (χ1n) is 7.34. The molecule has 0 spiro atoms. The van der Waals surface area contributed by atoms with Crippen molar-refractivity contribution in [1.82, 2.24) is 14.3 Å². The number of nitrogens with one attached hydrogen (secondary N) is 1. The SMILES string of the molecule is O=C(Cn1cccc1)Nc1cnn(CC2CCCCO2)c1. The maximum Gasteiger partial charge on any atom is 0.244 e. The molecule has 0 saturated carbocycles. The van der Waals surface area contributed by atoms with E-state index in [0.29, 0.717) is 6.54 Å². The maximum atomic E-state index is 11.9. The van der Waals surface area contributed by atoms with E-state index in [1.807, 2.05) is 40.0 Å². The van der Waals surface area contributed by atoms with Crippen LogP contribution in [0.4, 0.5) is 5.69 Å². The number of anilines is 1. The van der Waals surface area contributed by atoms with Gasteiger partial charge in [-0.25, -0.2) is 0 Å². The number of amides is 1. The summed E-state index contributed by atoms with van der Waals surface area (Å²) in [4.78, 5) is 11.9. The number of hydrogen-bond acceptors (Lipinski definition) is 3. The Kier molecular flexibility index (Phi) is 4.35. The van der Waals surface area contributed by atoms with Gasteiger partial charge in [0, 0.05) is 25.2 Å². The first-order valence-corrected chi connectivity index (χ1v) is 7.34. The van der Waals surface area contributed by atoms with Crippen LogP contribution < -0.4 is 5.32 Å². The summed E-state index contributed by atoms with van der Waals surface area (Å²) in [6.45, 7) is 1.89. The molecule has 2 aromatic rings. The molecule has 1 N–H and O–H groups in total. The molecule has 112 valence electrons. The van der Waals surface area contributed by atoms with E-state index in [-0.39, 0.29) is 12.0 Å². The van der Waals surface area contributed by atoms with Gasteiger partial charge in [0.05, 0.1) is 24.5 Å². The second-order valence-electron chi connectivity index (χ2n) is 5.34. The molecule has 0 aliphatic carbocycles. The Hall–Kier alpha value is -2.08. The van der Waals surface area contributed by atoms with Crippen molar-refractivity contribution < 1.29 is 9.53 Å². The highest BCUT2D eigenvalue weighted by atomic mass is 16.5. The summed E-state index contributed by atoms with van der Waals surface area (Å²) in [5.41, 5.74) is 0.725. The van der Waals surface area contributed by atoms with Crippen molar-refractivity contribution in [1.29, 1.82) is 0 Å². The molecule has 1 saturated heterocycles. The Morgan fingerprint density at radius 2 is 2.24 bits per heavy atom. The molecule has 1 atom stereocenters. The summed E-state index contributed by atoms with van der Waals surface area (Å²) < 4.78 is 9.35. The monoisotopic (exact) mass is 288 g/mol. The zero-order valence-corrected chi connectivity index (χ0v) is 11.9. The highest BCUT2D eigenvalue weighted by Gasteiger charge is 2.15. The van der Waals surface area contributed by atoms with Crippen molar-refractivity contribution in [3.63, 3.8) is 0 Å². The quantitative estimate of drug-likeness (QED) is 0.914. The van der Waals surface area contributed by atoms with E-state index in [2.05, 4.69) is 10.4 Å². The van der Waals surface area contributed by atoms with E-state index in [1.54, 1.807) is 6.20 Å². The van der Waals surface area contributed by atoms with E-state index < -0.39 is 0 Å². The van der Waals surface area contributed by atoms with Crippen LogP contribution in [0.2, 0.25) is 0 Å². The molecule has 21 heavy (non-hydrogen) atoms. The average molecular weight is 288 g/mol. The topological polar surface area (TPSA) is 61.1 Å². The van der Waals surface area contributed by atoms with Crippen molar-refractivity contribution in [3.8, 4) is 0 Å². The van der Waals surface area contributed by atoms with Crippen molar-refractivity contribution in [2.45, 2.75) is 38.5 Å². The van der Waals surface area contributed by atoms with Gasteiger partial charge in [-0.15, -0.1) is 0 Å². The number of carbonyl (C=O) groups excluding carboxylic acids is 1. The smallest absolute Gasteiger partial charge is 0.244 e. The first-order chi connectivity index (χ1) is 10.3. The van der Waals surface area contributed by atoms with Crippen molar-refractivity contribution in [2.24, 2.45) is 0 Å². The zero-order valence-electron chi connectivity index (χ0n) is 11.9. The third kappa shape index (κ3) is 3.95. The van der Waals surface area contributed by atoms with Gasteiger partial charge in [-0.2, -0.15) is 5.10 Å². The van der Waals surface area contributed by atoms with Crippen LogP contribution >= 0.6 is 0 Å². The van der Waals surface area contributed by atoms with Crippen LogP contribution in [0.25, 0.3) is 0 Å². The molecule has 1 unspecified atom stereocenters. The molecule has 3 heterocycles. The van der Waals surface area contributed by atoms with Gasteiger partial charge in [0.2, 0.25) is 5.91 Å². The first kappa shape index (κ1) is 13.9. The van der Waals surface area contributed by atoms with Crippen molar-refractivity contribution >= 4 is 11.6 Å². The third-order valence-corrected chi connectivity index (χ3v) is 3.57. The summed E-state index contributed by atoms with van der Waals surface area (Å²) in [7, 11) is 0. The minimum Gasteiger partial charge on any atom is -0.376 e. The van der Waals surface area contributed by atoms with E-state index in [0.717, 1.165) is 31.7 Å². The second-order valence-corrected chi connectivity index (χ2v) is 5.34. The van der Waals surface area contributed by atoms with Crippen molar-refractivity contribution in [3.05, 3.63) is 36.9 Å². The van der Waals surface area contributed by atoms with E-state index in [9.17, 15) is 4.79 Å². The van der Waals surface area contributed by atoms with Crippen LogP contribution in [0.15, 0.2) is 36.9 Å². The van der Waals surface area contributed by atoms with Gasteiger partial charge in [-0.3, -0.25) is 9.48 Å². The molecule has 1 aliphatic heterocycles. The highest BCUT2D eigenvalue weighted by Crippen LogP contribution is 2.15. The number of ether oxygens (including phenoxy) is 1. The predicted molar refractivity (Wildman–Crippen MR) is 78.9 cm³/mol. The Bertz CT molecular complexity index is 570. The lowest BCUT2D eigenvalue weighted by atomic mass is 10.1. The fraction of sp³-hybridized carbons (Fsp3) is 0.467. The largest absolute Gasteiger partial charge is 0.376 e. The van der Waals surface area contributed by atoms with Gasteiger partial charge in [-0.1, -0.05) is 0 Å². The van der Waals surface area contributed by atoms with Gasteiger partial charge >= 0.3 is 0 Å². The number of nitrogens with zero attached hydrogens (tertiary/aromatic N) is 3. The fourth-order valence-electron chi connectivity index (χ4n) is 2.53. The highest BCUT2D eigenvalue weighted by molar-refractivity contribution is 5.90. The molecule has 1 aliphatic rings. The maximum absolute atomic E-state index is 11.9. The molecule has 6 nitrogen and oxygen atoms in total. The summed E-state index contributed by atoms with van der Waals surface area (Å²) in [5, 5.41) is 7.13. The van der Waals surface area contributed by atoms with E-state index in [4.69, 9.17) is 4.74 Å². The lowest BCUT2D eigenvalue weighted by Gasteiger charge is -2.22. The molecule has 0 bridgehead atoms. The van der Waals surface area contributed by atoms with Crippen LogP contribution in [0.5, 0.6) is 0 Å². The van der Waals surface area contributed by atoms with Gasteiger partial charge in [0.1, 0.15) is 6.54 Å². The average Bonchev–Trinajstić information content (AvgIpc) is 3.12. The number of aromatic nitrogens is 3. The van der Waals surface area contributed by atoms with Gasteiger partial charge in [-0.05, 0) is 31.4 Å². The third-order valence-electron chi connectivity index (χ3n) is 3.57. The molecule has 2 aromatic heterocycles. The predicted octanol–water partition coefficient (Wildman–Crippen LogP) is 1.89. The molecule has 1 amide bonds. The fourth-order valence-corrected chi connectivity index (χ4v) is 2.53. The molecule has 3 rings (SSSR count). The Balaban J connectivity index is 1.51. The molecule has 0 aromatic carbocycles. The summed E-state index contributed by atoms with van der Waals surface area (Å²) in [5.74, 6) is -0.0559. The molecule has 6 heteroatoms. The van der Waals surface area contributed by atoms with Gasteiger partial charge in [0.15, 0.2) is 0 Å². The van der Waals surface area contributed by atoms with Crippen molar-refractivity contribution in [2.75, 3.05) is 11.9 Å². The van der Waals surface area contributed by atoms with E-state index in [1.165, 1.54) is 6.42 Å². The van der Waals surface area contributed by atoms with Crippen LogP contribution in [-0.2, 0) is 22.6 Å². The minimum absolute atomic E-state index is 0.0559. The zero-order chi connectivity index (χ0) is 14.5.